The SMILES string of the molecule is CC/C(=C/NC)NC. The van der Waals surface area contributed by atoms with E-state index in [2.05, 4.69) is 17.6 Å². The van der Waals surface area contributed by atoms with Crippen LogP contribution in [0.15, 0.2) is 11.9 Å². The summed E-state index contributed by atoms with van der Waals surface area (Å²) in [6.07, 6.45) is 3.01. The summed E-state index contributed by atoms with van der Waals surface area (Å²) in [5, 5.41) is 6.00. The summed E-state index contributed by atoms with van der Waals surface area (Å²) in [5.74, 6) is 0. The van der Waals surface area contributed by atoms with Gasteiger partial charge in [-0.3, -0.25) is 0 Å². The summed E-state index contributed by atoms with van der Waals surface area (Å²) in [6.45, 7) is 2.11. The molecule has 2 N–H and O–H groups in total. The van der Waals surface area contributed by atoms with Crippen LogP contribution in [0.4, 0.5) is 0 Å². The van der Waals surface area contributed by atoms with Crippen molar-refractivity contribution in [1.29, 1.82) is 0 Å². The van der Waals surface area contributed by atoms with Gasteiger partial charge in [-0.2, -0.15) is 0 Å². The molecule has 48 valence electrons. The predicted molar refractivity (Wildman–Crippen MR) is 36.5 cm³/mol. The minimum atomic E-state index is 1.05. The van der Waals surface area contributed by atoms with Crippen LogP contribution in [-0.2, 0) is 0 Å². The van der Waals surface area contributed by atoms with Gasteiger partial charge in [0, 0.05) is 26.0 Å². The maximum absolute atomic E-state index is 3.05. The van der Waals surface area contributed by atoms with E-state index in [-0.39, 0.29) is 0 Å². The van der Waals surface area contributed by atoms with Crippen LogP contribution in [0, 0.1) is 0 Å². The predicted octanol–water partition coefficient (Wildman–Crippen LogP) is 0.677. The first-order valence-corrected chi connectivity index (χ1v) is 2.89. The highest BCUT2D eigenvalue weighted by atomic mass is 14.9. The van der Waals surface area contributed by atoms with E-state index in [1.807, 2.05) is 20.3 Å². The van der Waals surface area contributed by atoms with Crippen LogP contribution in [0.5, 0.6) is 0 Å². The minimum Gasteiger partial charge on any atom is -0.393 e. The van der Waals surface area contributed by atoms with E-state index >= 15 is 0 Å². The molecule has 0 bridgehead atoms. The van der Waals surface area contributed by atoms with Crippen LogP contribution in [0.3, 0.4) is 0 Å². The van der Waals surface area contributed by atoms with Crippen molar-refractivity contribution >= 4 is 0 Å². The summed E-state index contributed by atoms with van der Waals surface area (Å²) in [7, 11) is 3.82. The zero-order chi connectivity index (χ0) is 6.41. The molecule has 0 saturated heterocycles. The third-order valence-electron chi connectivity index (χ3n) is 1.02. The summed E-state index contributed by atoms with van der Waals surface area (Å²) in [4.78, 5) is 0. The fourth-order valence-electron chi connectivity index (χ4n) is 0.525. The van der Waals surface area contributed by atoms with Gasteiger partial charge in [0.1, 0.15) is 0 Å². The van der Waals surface area contributed by atoms with E-state index in [1.54, 1.807) is 0 Å². The van der Waals surface area contributed by atoms with E-state index < -0.39 is 0 Å². The number of hydrogen-bond acceptors (Lipinski definition) is 2. The lowest BCUT2D eigenvalue weighted by Gasteiger charge is -2.00. The largest absolute Gasteiger partial charge is 0.393 e. The lowest BCUT2D eigenvalue weighted by atomic mass is 10.4. The van der Waals surface area contributed by atoms with Crippen LogP contribution in [0.2, 0.25) is 0 Å². The Bertz CT molecular complexity index is 70.6. The van der Waals surface area contributed by atoms with Gasteiger partial charge in [-0.1, -0.05) is 6.92 Å². The Balaban J connectivity index is 3.49. The molecular formula is C6H14N2. The fraction of sp³-hybridized carbons (Fsp3) is 0.667. The molecule has 0 aliphatic carbocycles. The Morgan fingerprint density at radius 3 is 2.25 bits per heavy atom. The van der Waals surface area contributed by atoms with Gasteiger partial charge in [0.25, 0.3) is 0 Å². The van der Waals surface area contributed by atoms with E-state index in [0.717, 1.165) is 6.42 Å². The molecule has 0 aliphatic rings. The van der Waals surface area contributed by atoms with Crippen molar-refractivity contribution < 1.29 is 0 Å². The number of hydrogen-bond donors (Lipinski definition) is 2. The van der Waals surface area contributed by atoms with Crippen LogP contribution in [0.1, 0.15) is 13.3 Å². The fourth-order valence-corrected chi connectivity index (χ4v) is 0.525. The molecule has 0 atom stereocenters. The lowest BCUT2D eigenvalue weighted by Crippen LogP contribution is -2.08. The zero-order valence-electron chi connectivity index (χ0n) is 5.78. The highest BCUT2D eigenvalue weighted by Crippen LogP contribution is 1.89. The topological polar surface area (TPSA) is 24.1 Å². The minimum absolute atomic E-state index is 1.05. The third-order valence-corrected chi connectivity index (χ3v) is 1.02. The lowest BCUT2D eigenvalue weighted by molar-refractivity contribution is 0.870. The highest BCUT2D eigenvalue weighted by molar-refractivity contribution is 4.94. The molecule has 0 spiro atoms. The normalized spacial score (nSPS) is 11.1. The second-order valence-electron chi connectivity index (χ2n) is 1.56. The van der Waals surface area contributed by atoms with Crippen molar-refractivity contribution in [2.75, 3.05) is 14.1 Å². The molecule has 0 heterocycles. The molecule has 0 fully saturated rings. The second kappa shape index (κ2) is 4.50. The van der Waals surface area contributed by atoms with Crippen molar-refractivity contribution in [1.82, 2.24) is 10.6 Å². The van der Waals surface area contributed by atoms with Gasteiger partial charge in [-0.15, -0.1) is 0 Å². The molecule has 0 saturated carbocycles. The zero-order valence-corrected chi connectivity index (χ0v) is 5.78. The first kappa shape index (κ1) is 7.34. The Morgan fingerprint density at radius 1 is 1.50 bits per heavy atom. The monoisotopic (exact) mass is 114 g/mol. The highest BCUT2D eigenvalue weighted by Gasteiger charge is 1.82. The summed E-state index contributed by atoms with van der Waals surface area (Å²) in [5.41, 5.74) is 1.23. The van der Waals surface area contributed by atoms with Crippen molar-refractivity contribution in [2.24, 2.45) is 0 Å². The standard InChI is InChI=1S/C6H14N2/c1-4-6(8-3)5-7-2/h5,7-8H,4H2,1-3H3/b6-5-. The number of allylic oxidation sites excluding steroid dienone is 1. The second-order valence-corrected chi connectivity index (χ2v) is 1.56. The quantitative estimate of drug-likeness (QED) is 0.563. The average Bonchev–Trinajstić information content (AvgIpc) is 1.83. The molecule has 0 aromatic heterocycles. The van der Waals surface area contributed by atoms with Gasteiger partial charge >= 0.3 is 0 Å². The van der Waals surface area contributed by atoms with E-state index in [0.29, 0.717) is 0 Å². The van der Waals surface area contributed by atoms with E-state index in [4.69, 9.17) is 0 Å². The maximum atomic E-state index is 3.05. The smallest absolute Gasteiger partial charge is 0.0261 e. The maximum Gasteiger partial charge on any atom is 0.0261 e. The number of nitrogens with one attached hydrogen (secondary N) is 2. The summed E-state index contributed by atoms with van der Waals surface area (Å²) < 4.78 is 0. The van der Waals surface area contributed by atoms with Crippen LogP contribution >= 0.6 is 0 Å². The first-order chi connectivity index (χ1) is 3.85. The van der Waals surface area contributed by atoms with Crippen LogP contribution in [-0.4, -0.2) is 14.1 Å². The molecule has 8 heavy (non-hydrogen) atoms. The van der Waals surface area contributed by atoms with Crippen molar-refractivity contribution in [3.05, 3.63) is 11.9 Å². The number of rotatable bonds is 3. The molecule has 0 radical (unpaired) electrons. The molecule has 0 aliphatic heterocycles. The van der Waals surface area contributed by atoms with Gasteiger partial charge < -0.3 is 10.6 Å². The molecule has 0 aromatic rings. The molecular weight excluding hydrogens is 100 g/mol. The van der Waals surface area contributed by atoms with Gasteiger partial charge in [-0.25, -0.2) is 0 Å². The van der Waals surface area contributed by atoms with Gasteiger partial charge in [-0.05, 0) is 6.42 Å². The first-order valence-electron chi connectivity index (χ1n) is 2.89. The van der Waals surface area contributed by atoms with Gasteiger partial charge in [0.05, 0.1) is 0 Å². The summed E-state index contributed by atoms with van der Waals surface area (Å²) in [6, 6.07) is 0. The molecule has 0 aromatic carbocycles. The van der Waals surface area contributed by atoms with E-state index in [1.165, 1.54) is 5.70 Å². The summed E-state index contributed by atoms with van der Waals surface area (Å²) >= 11 is 0. The van der Waals surface area contributed by atoms with Crippen molar-refractivity contribution in [3.8, 4) is 0 Å². The molecule has 2 nitrogen and oxygen atoms in total. The Hall–Kier alpha value is -0.660. The van der Waals surface area contributed by atoms with E-state index in [9.17, 15) is 0 Å². The van der Waals surface area contributed by atoms with Crippen molar-refractivity contribution in [2.45, 2.75) is 13.3 Å². The van der Waals surface area contributed by atoms with Crippen molar-refractivity contribution in [3.63, 3.8) is 0 Å². The van der Waals surface area contributed by atoms with Gasteiger partial charge in [0.15, 0.2) is 0 Å². The molecule has 2 heteroatoms. The molecule has 0 unspecified atom stereocenters. The third kappa shape index (κ3) is 2.50. The Labute approximate surface area is 51.0 Å². The average molecular weight is 114 g/mol. The molecule has 0 amide bonds. The van der Waals surface area contributed by atoms with Gasteiger partial charge in [0.2, 0.25) is 0 Å². The van der Waals surface area contributed by atoms with Crippen LogP contribution in [0.25, 0.3) is 0 Å². The molecule has 0 rings (SSSR count). The Kier molecular flexibility index (Phi) is 4.13. The van der Waals surface area contributed by atoms with Crippen LogP contribution < -0.4 is 10.6 Å². The Morgan fingerprint density at radius 2 is 2.12 bits per heavy atom.